The lowest BCUT2D eigenvalue weighted by atomic mass is 9.98. The summed E-state index contributed by atoms with van der Waals surface area (Å²) in [5.74, 6) is -1.81. The highest BCUT2D eigenvalue weighted by Crippen LogP contribution is 2.44. The molecule has 1 heterocycles. The van der Waals surface area contributed by atoms with Crippen molar-refractivity contribution in [2.75, 3.05) is 11.9 Å². The van der Waals surface area contributed by atoms with Gasteiger partial charge in [-0.05, 0) is 50.7 Å². The van der Waals surface area contributed by atoms with Crippen LogP contribution in [-0.4, -0.2) is 40.7 Å². The number of aliphatic carboxylic acids is 1. The molecule has 1 aromatic heterocycles. The number of nitrogens with zero attached hydrogens (tertiary/aromatic N) is 1. The van der Waals surface area contributed by atoms with Gasteiger partial charge in [0.05, 0.1) is 5.02 Å². The van der Waals surface area contributed by atoms with Gasteiger partial charge in [-0.3, -0.25) is 9.59 Å². The number of anilines is 1. The number of carbonyl (C=O) groups is 3. The Labute approximate surface area is 214 Å². The standard InChI is InChI=1S/C25H21BrClN3O5/c26-14-11-20(27)23(28-12-14)30-24(33)21(9-10-22(31)32)29-25(34)35-13-19-17-7-3-1-5-15(17)16-6-2-4-8-18(16)19/h1-8,11-12,19,21H,9-10,13H2,(H,29,34)(H,31,32)(H,28,30,33). The summed E-state index contributed by atoms with van der Waals surface area (Å²) in [7, 11) is 0. The summed E-state index contributed by atoms with van der Waals surface area (Å²) in [6, 6.07) is 16.2. The van der Waals surface area contributed by atoms with Crippen LogP contribution in [-0.2, 0) is 14.3 Å². The van der Waals surface area contributed by atoms with E-state index in [1.54, 1.807) is 6.07 Å². The zero-order chi connectivity index (χ0) is 24.9. The first kappa shape index (κ1) is 24.7. The van der Waals surface area contributed by atoms with Crippen molar-refractivity contribution < 1.29 is 24.2 Å². The van der Waals surface area contributed by atoms with E-state index < -0.39 is 24.0 Å². The number of fused-ring (bicyclic) bond motifs is 3. The van der Waals surface area contributed by atoms with Gasteiger partial charge in [-0.15, -0.1) is 0 Å². The number of alkyl carbamates (subject to hydrolysis) is 1. The molecule has 0 bridgehead atoms. The molecule has 1 atom stereocenters. The molecule has 8 nitrogen and oxygen atoms in total. The van der Waals surface area contributed by atoms with E-state index >= 15 is 0 Å². The van der Waals surface area contributed by atoms with Crippen molar-refractivity contribution in [3.05, 3.63) is 81.4 Å². The Hall–Kier alpha value is -3.43. The van der Waals surface area contributed by atoms with E-state index in [1.807, 2.05) is 48.5 Å². The predicted octanol–water partition coefficient (Wildman–Crippen LogP) is 5.21. The monoisotopic (exact) mass is 557 g/mol. The summed E-state index contributed by atoms with van der Waals surface area (Å²) in [4.78, 5) is 40.6. The number of aromatic nitrogens is 1. The van der Waals surface area contributed by atoms with Gasteiger partial charge in [-0.25, -0.2) is 9.78 Å². The van der Waals surface area contributed by atoms with Gasteiger partial charge in [0.1, 0.15) is 12.6 Å². The summed E-state index contributed by atoms with van der Waals surface area (Å²) in [5.41, 5.74) is 4.29. The maximum Gasteiger partial charge on any atom is 0.407 e. The van der Waals surface area contributed by atoms with Crippen molar-refractivity contribution in [2.45, 2.75) is 24.8 Å². The van der Waals surface area contributed by atoms with Gasteiger partial charge >= 0.3 is 12.1 Å². The Bertz CT molecular complexity index is 1240. The van der Waals surface area contributed by atoms with Crippen LogP contribution >= 0.6 is 27.5 Å². The molecule has 1 aliphatic rings. The quantitative estimate of drug-likeness (QED) is 0.349. The van der Waals surface area contributed by atoms with Crippen LogP contribution in [0.1, 0.15) is 29.9 Å². The van der Waals surface area contributed by atoms with Gasteiger partial charge < -0.3 is 20.5 Å². The van der Waals surface area contributed by atoms with E-state index in [2.05, 4.69) is 31.5 Å². The first-order valence-electron chi connectivity index (χ1n) is 10.8. The first-order chi connectivity index (χ1) is 16.8. The number of rotatable bonds is 8. The molecular formula is C25H21BrClN3O5. The average molecular weight is 559 g/mol. The molecule has 2 amide bonds. The van der Waals surface area contributed by atoms with Crippen molar-refractivity contribution in [3.63, 3.8) is 0 Å². The Morgan fingerprint density at radius 2 is 1.71 bits per heavy atom. The van der Waals surface area contributed by atoms with Crippen LogP contribution in [0.2, 0.25) is 5.02 Å². The number of nitrogens with one attached hydrogen (secondary N) is 2. The van der Waals surface area contributed by atoms with Crippen LogP contribution < -0.4 is 10.6 Å². The molecule has 4 rings (SSSR count). The number of carboxylic acids is 1. The Kier molecular flexibility index (Phi) is 7.67. The molecule has 35 heavy (non-hydrogen) atoms. The summed E-state index contributed by atoms with van der Waals surface area (Å²) >= 11 is 9.34. The maximum atomic E-state index is 12.8. The molecule has 10 heteroatoms. The number of ether oxygens (including phenoxy) is 1. The second kappa shape index (κ2) is 10.9. The van der Waals surface area contributed by atoms with E-state index in [0.29, 0.717) is 4.47 Å². The van der Waals surface area contributed by atoms with Crippen molar-refractivity contribution in [1.29, 1.82) is 0 Å². The van der Waals surface area contributed by atoms with Crippen molar-refractivity contribution in [2.24, 2.45) is 0 Å². The second-order valence-corrected chi connectivity index (χ2v) is 9.25. The normalized spacial score (nSPS) is 12.9. The topological polar surface area (TPSA) is 118 Å². The number of benzene rings is 2. The van der Waals surface area contributed by atoms with Crippen LogP contribution in [0.25, 0.3) is 11.1 Å². The summed E-state index contributed by atoms with van der Waals surface area (Å²) in [5, 5.41) is 14.2. The zero-order valence-corrected chi connectivity index (χ0v) is 20.7. The van der Waals surface area contributed by atoms with E-state index in [0.717, 1.165) is 22.3 Å². The molecule has 0 saturated heterocycles. The molecule has 0 spiro atoms. The molecule has 0 saturated carbocycles. The van der Waals surface area contributed by atoms with E-state index in [9.17, 15) is 14.4 Å². The van der Waals surface area contributed by atoms with Crippen LogP contribution in [0.3, 0.4) is 0 Å². The largest absolute Gasteiger partial charge is 0.481 e. The third-order valence-corrected chi connectivity index (χ3v) is 6.37. The minimum absolute atomic E-state index is 0.0627. The molecule has 2 aromatic carbocycles. The molecule has 0 aliphatic heterocycles. The number of amides is 2. The average Bonchev–Trinajstić information content (AvgIpc) is 3.15. The molecule has 1 unspecified atom stereocenters. The van der Waals surface area contributed by atoms with Crippen LogP contribution in [0.15, 0.2) is 65.3 Å². The minimum Gasteiger partial charge on any atom is -0.481 e. The van der Waals surface area contributed by atoms with Gasteiger partial charge in [0.2, 0.25) is 5.91 Å². The lowest BCUT2D eigenvalue weighted by molar-refractivity contribution is -0.137. The fourth-order valence-electron chi connectivity index (χ4n) is 4.03. The highest BCUT2D eigenvalue weighted by molar-refractivity contribution is 9.10. The van der Waals surface area contributed by atoms with E-state index in [-0.39, 0.29) is 36.2 Å². The van der Waals surface area contributed by atoms with Crippen LogP contribution in [0.5, 0.6) is 0 Å². The number of halogens is 2. The Balaban J connectivity index is 1.43. The highest BCUT2D eigenvalue weighted by Gasteiger charge is 2.30. The Morgan fingerprint density at radius 3 is 2.31 bits per heavy atom. The van der Waals surface area contributed by atoms with Gasteiger partial charge in [-0.2, -0.15) is 0 Å². The van der Waals surface area contributed by atoms with Crippen LogP contribution in [0, 0.1) is 0 Å². The first-order valence-corrected chi connectivity index (χ1v) is 12.0. The fourth-order valence-corrected chi connectivity index (χ4v) is 4.71. The smallest absolute Gasteiger partial charge is 0.407 e. The highest BCUT2D eigenvalue weighted by atomic mass is 79.9. The van der Waals surface area contributed by atoms with Gasteiger partial charge in [0.25, 0.3) is 0 Å². The Morgan fingerprint density at radius 1 is 1.09 bits per heavy atom. The maximum absolute atomic E-state index is 12.8. The lowest BCUT2D eigenvalue weighted by Gasteiger charge is -2.19. The van der Waals surface area contributed by atoms with Crippen molar-refractivity contribution in [3.8, 4) is 11.1 Å². The molecule has 180 valence electrons. The van der Waals surface area contributed by atoms with Crippen molar-refractivity contribution in [1.82, 2.24) is 10.3 Å². The lowest BCUT2D eigenvalue weighted by Crippen LogP contribution is -2.44. The third-order valence-electron chi connectivity index (χ3n) is 5.65. The second-order valence-electron chi connectivity index (χ2n) is 7.93. The molecular weight excluding hydrogens is 538 g/mol. The number of hydrogen-bond acceptors (Lipinski definition) is 5. The molecule has 0 fully saturated rings. The fraction of sp³-hybridized carbons (Fsp3) is 0.200. The van der Waals surface area contributed by atoms with Crippen LogP contribution in [0.4, 0.5) is 10.6 Å². The number of carbonyl (C=O) groups excluding carboxylic acids is 2. The van der Waals surface area contributed by atoms with Gasteiger partial charge in [0.15, 0.2) is 5.82 Å². The summed E-state index contributed by atoms with van der Waals surface area (Å²) in [6.07, 6.45) is 0.155. The number of pyridine rings is 1. The molecule has 1 aliphatic carbocycles. The van der Waals surface area contributed by atoms with E-state index in [4.69, 9.17) is 21.4 Å². The molecule has 3 aromatic rings. The predicted molar refractivity (Wildman–Crippen MR) is 134 cm³/mol. The number of hydrogen-bond donors (Lipinski definition) is 3. The molecule has 0 radical (unpaired) electrons. The summed E-state index contributed by atoms with van der Waals surface area (Å²) < 4.78 is 6.12. The van der Waals surface area contributed by atoms with Gasteiger partial charge in [0, 0.05) is 23.0 Å². The van der Waals surface area contributed by atoms with E-state index in [1.165, 1.54) is 6.20 Å². The summed E-state index contributed by atoms with van der Waals surface area (Å²) in [6.45, 7) is 0.0627. The number of carboxylic acid groups (broad SMARTS) is 1. The minimum atomic E-state index is -1.16. The third kappa shape index (κ3) is 5.80. The van der Waals surface area contributed by atoms with Crippen molar-refractivity contribution >= 4 is 51.3 Å². The zero-order valence-electron chi connectivity index (χ0n) is 18.3. The SMILES string of the molecule is O=C(O)CCC(NC(=O)OCC1c2ccccc2-c2ccccc21)C(=O)Nc1ncc(Br)cc1Cl. The van der Waals surface area contributed by atoms with Gasteiger partial charge in [-0.1, -0.05) is 60.1 Å². The molecule has 3 N–H and O–H groups in total.